The first-order chi connectivity index (χ1) is 6.77. The highest BCUT2D eigenvalue weighted by atomic mass is 16.6. The number of carbonyl (C=O) groups is 1. The van der Waals surface area contributed by atoms with Gasteiger partial charge in [0.15, 0.2) is 6.61 Å². The van der Waals surface area contributed by atoms with Crippen LogP contribution in [0.15, 0.2) is 24.3 Å². The third-order valence-electron chi connectivity index (χ3n) is 1.82. The molecule has 0 aliphatic heterocycles. The quantitative estimate of drug-likeness (QED) is 0.681. The van der Waals surface area contributed by atoms with Crippen LogP contribution >= 0.6 is 0 Å². The van der Waals surface area contributed by atoms with Crippen molar-refractivity contribution in [3.05, 3.63) is 36.8 Å². The van der Waals surface area contributed by atoms with Gasteiger partial charge in [0.1, 0.15) is 5.75 Å². The maximum absolute atomic E-state index is 10.8. The molecule has 1 aromatic carbocycles. The number of benzene rings is 1. The van der Waals surface area contributed by atoms with E-state index < -0.39 is 0 Å². The smallest absolute Gasteiger partial charge is 0.343 e. The van der Waals surface area contributed by atoms with E-state index in [2.05, 4.69) is 11.7 Å². The lowest BCUT2D eigenvalue weighted by Gasteiger charge is -2.08. The Morgan fingerprint density at radius 3 is 2.79 bits per heavy atom. The lowest BCUT2D eigenvalue weighted by Crippen LogP contribution is -2.13. The first-order valence-corrected chi connectivity index (χ1v) is 4.34. The highest BCUT2D eigenvalue weighted by Crippen LogP contribution is 2.17. The van der Waals surface area contributed by atoms with Crippen molar-refractivity contribution in [2.75, 3.05) is 13.7 Å². The molecule has 75 valence electrons. The molecule has 0 N–H and O–H groups in total. The molecular formula is C11H13O3. The van der Waals surface area contributed by atoms with Crippen LogP contribution in [-0.2, 0) is 16.0 Å². The Labute approximate surface area is 83.6 Å². The van der Waals surface area contributed by atoms with Gasteiger partial charge in [0.2, 0.25) is 0 Å². The molecule has 3 nitrogen and oxygen atoms in total. The van der Waals surface area contributed by atoms with Crippen LogP contribution < -0.4 is 4.74 Å². The maximum atomic E-state index is 10.8. The van der Waals surface area contributed by atoms with E-state index in [9.17, 15) is 4.79 Å². The summed E-state index contributed by atoms with van der Waals surface area (Å²) < 4.78 is 9.73. The maximum Gasteiger partial charge on any atom is 0.343 e. The van der Waals surface area contributed by atoms with Crippen LogP contribution in [0.5, 0.6) is 5.75 Å². The van der Waals surface area contributed by atoms with Gasteiger partial charge in [0, 0.05) is 0 Å². The van der Waals surface area contributed by atoms with Gasteiger partial charge < -0.3 is 9.47 Å². The van der Waals surface area contributed by atoms with Gasteiger partial charge in [-0.1, -0.05) is 18.2 Å². The fourth-order valence-electron chi connectivity index (χ4n) is 1.05. The average Bonchev–Trinajstić information content (AvgIpc) is 2.26. The normalized spacial score (nSPS) is 9.57. The zero-order chi connectivity index (χ0) is 10.4. The van der Waals surface area contributed by atoms with E-state index >= 15 is 0 Å². The molecule has 1 rings (SSSR count). The minimum Gasteiger partial charge on any atom is -0.482 e. The Morgan fingerprint density at radius 2 is 2.14 bits per heavy atom. The van der Waals surface area contributed by atoms with Gasteiger partial charge in [-0.15, -0.1) is 0 Å². The van der Waals surface area contributed by atoms with Crippen LogP contribution in [0.3, 0.4) is 0 Å². The minimum atomic E-state index is -0.385. The van der Waals surface area contributed by atoms with Gasteiger partial charge in [-0.05, 0) is 25.0 Å². The fourth-order valence-corrected chi connectivity index (χ4v) is 1.05. The van der Waals surface area contributed by atoms with E-state index in [1.807, 2.05) is 24.3 Å². The molecular weight excluding hydrogens is 180 g/mol. The Balaban J connectivity index is 2.61. The first kappa shape index (κ1) is 10.6. The molecule has 0 aliphatic rings. The van der Waals surface area contributed by atoms with Crippen LogP contribution in [0.1, 0.15) is 5.56 Å². The largest absolute Gasteiger partial charge is 0.482 e. The summed E-state index contributed by atoms with van der Waals surface area (Å²) in [7, 11) is 1.33. The second-order valence-electron chi connectivity index (χ2n) is 2.72. The Bertz CT molecular complexity index is 307. The van der Waals surface area contributed by atoms with Crippen molar-refractivity contribution in [3.63, 3.8) is 0 Å². The highest BCUT2D eigenvalue weighted by Gasteiger charge is 2.04. The first-order valence-electron chi connectivity index (χ1n) is 4.34. The summed E-state index contributed by atoms with van der Waals surface area (Å²) in [5, 5.41) is 0. The zero-order valence-electron chi connectivity index (χ0n) is 8.16. The van der Waals surface area contributed by atoms with Crippen molar-refractivity contribution in [3.8, 4) is 5.75 Å². The fraction of sp³-hybridized carbons (Fsp3) is 0.273. The van der Waals surface area contributed by atoms with Gasteiger partial charge >= 0.3 is 5.97 Å². The molecule has 0 atom stereocenters. The van der Waals surface area contributed by atoms with E-state index in [1.165, 1.54) is 7.11 Å². The Kier molecular flexibility index (Phi) is 3.98. The molecule has 0 unspecified atom stereocenters. The van der Waals surface area contributed by atoms with Crippen molar-refractivity contribution in [2.24, 2.45) is 0 Å². The number of rotatable bonds is 4. The lowest BCUT2D eigenvalue weighted by atomic mass is 10.1. The number of hydrogen-bond acceptors (Lipinski definition) is 3. The van der Waals surface area contributed by atoms with Crippen LogP contribution in [0.2, 0.25) is 0 Å². The monoisotopic (exact) mass is 193 g/mol. The third-order valence-corrected chi connectivity index (χ3v) is 1.82. The van der Waals surface area contributed by atoms with E-state index in [4.69, 9.17) is 4.74 Å². The number of carbonyl (C=O) groups excluding carboxylic acids is 1. The molecule has 0 fully saturated rings. The van der Waals surface area contributed by atoms with Crippen LogP contribution in [0.4, 0.5) is 0 Å². The van der Waals surface area contributed by atoms with Gasteiger partial charge in [0.25, 0.3) is 0 Å². The van der Waals surface area contributed by atoms with Crippen molar-refractivity contribution < 1.29 is 14.3 Å². The van der Waals surface area contributed by atoms with Crippen LogP contribution in [0, 0.1) is 6.92 Å². The molecule has 0 saturated carbocycles. The van der Waals surface area contributed by atoms with Crippen molar-refractivity contribution >= 4 is 5.97 Å². The molecule has 0 aliphatic carbocycles. The lowest BCUT2D eigenvalue weighted by molar-refractivity contribution is -0.142. The molecule has 1 radical (unpaired) electrons. The predicted octanol–water partition coefficient (Wildman–Crippen LogP) is 1.61. The molecule has 0 bridgehead atoms. The standard InChI is InChI=1S/C11H13O3/c1-3-9-6-4-5-7-10(9)14-8-11(12)13-2/h4-7H,1,3,8H2,2H3. The molecule has 0 amide bonds. The summed E-state index contributed by atoms with van der Waals surface area (Å²) in [5.41, 5.74) is 0.983. The van der Waals surface area contributed by atoms with Crippen molar-refractivity contribution in [1.82, 2.24) is 0 Å². The van der Waals surface area contributed by atoms with Gasteiger partial charge in [0.05, 0.1) is 7.11 Å². The summed E-state index contributed by atoms with van der Waals surface area (Å²) in [6.45, 7) is 3.71. The predicted molar refractivity (Wildman–Crippen MR) is 53.0 cm³/mol. The van der Waals surface area contributed by atoms with Crippen LogP contribution in [0.25, 0.3) is 0 Å². The van der Waals surface area contributed by atoms with Crippen LogP contribution in [-0.4, -0.2) is 19.7 Å². The molecule has 3 heteroatoms. The SMILES string of the molecule is [CH2]Cc1ccccc1OCC(=O)OC. The molecule has 0 aromatic heterocycles. The average molecular weight is 193 g/mol. The third kappa shape index (κ3) is 2.76. The summed E-state index contributed by atoms with van der Waals surface area (Å²) in [4.78, 5) is 10.8. The number of ether oxygens (including phenoxy) is 2. The topological polar surface area (TPSA) is 35.5 Å². The molecule has 1 aromatic rings. The Hall–Kier alpha value is -1.51. The van der Waals surface area contributed by atoms with E-state index in [0.717, 1.165) is 5.56 Å². The second-order valence-corrected chi connectivity index (χ2v) is 2.72. The molecule has 14 heavy (non-hydrogen) atoms. The van der Waals surface area contributed by atoms with E-state index in [-0.39, 0.29) is 12.6 Å². The molecule has 0 spiro atoms. The second kappa shape index (κ2) is 5.27. The highest BCUT2D eigenvalue weighted by molar-refractivity contribution is 5.70. The Morgan fingerprint density at radius 1 is 1.43 bits per heavy atom. The summed E-state index contributed by atoms with van der Waals surface area (Å²) in [6, 6.07) is 7.49. The summed E-state index contributed by atoms with van der Waals surface area (Å²) in [5.74, 6) is 0.303. The van der Waals surface area contributed by atoms with Crippen molar-refractivity contribution in [1.29, 1.82) is 0 Å². The minimum absolute atomic E-state index is 0.0620. The molecule has 0 saturated heterocycles. The van der Waals surface area contributed by atoms with E-state index in [0.29, 0.717) is 12.2 Å². The van der Waals surface area contributed by atoms with E-state index in [1.54, 1.807) is 0 Å². The number of hydrogen-bond donors (Lipinski definition) is 0. The van der Waals surface area contributed by atoms with Crippen molar-refractivity contribution in [2.45, 2.75) is 6.42 Å². The van der Waals surface area contributed by atoms with Gasteiger partial charge in [-0.3, -0.25) is 0 Å². The number of methoxy groups -OCH3 is 1. The zero-order valence-corrected chi connectivity index (χ0v) is 8.16. The summed E-state index contributed by atoms with van der Waals surface area (Å²) in [6.07, 6.45) is 0.636. The molecule has 0 heterocycles. The van der Waals surface area contributed by atoms with Gasteiger partial charge in [-0.25, -0.2) is 4.79 Å². The summed E-state index contributed by atoms with van der Waals surface area (Å²) >= 11 is 0. The van der Waals surface area contributed by atoms with Gasteiger partial charge in [-0.2, -0.15) is 0 Å². The number of para-hydroxylation sites is 1. The number of esters is 1.